The Balaban J connectivity index is 2.58. The van der Waals surface area contributed by atoms with Gasteiger partial charge in [0.05, 0.1) is 11.1 Å². The van der Waals surface area contributed by atoms with Crippen molar-refractivity contribution in [1.29, 1.82) is 5.26 Å². The molecule has 1 aromatic carbocycles. The molecule has 4 heteroatoms. The average Bonchev–Trinajstić information content (AvgIpc) is 2.63. The number of nitrogens with two attached hydrogens (primary N) is 1. The fourth-order valence-electron chi connectivity index (χ4n) is 2.48. The smallest absolute Gasteiger partial charge is 0.201 e. The predicted octanol–water partition coefficient (Wildman–Crippen LogP) is 3.10. The summed E-state index contributed by atoms with van der Waals surface area (Å²) in [5, 5.41) is 9.08. The molecule has 0 saturated carbocycles. The van der Waals surface area contributed by atoms with Crippen LogP contribution in [0.2, 0.25) is 0 Å². The van der Waals surface area contributed by atoms with Crippen molar-refractivity contribution in [3.05, 3.63) is 23.8 Å². The molecule has 1 atom stereocenters. The highest BCUT2D eigenvalue weighted by Gasteiger charge is 2.16. The fourth-order valence-corrected chi connectivity index (χ4v) is 2.48. The minimum atomic E-state index is 0.281. The van der Waals surface area contributed by atoms with Crippen molar-refractivity contribution in [3.8, 4) is 6.07 Å². The van der Waals surface area contributed by atoms with Gasteiger partial charge in [-0.1, -0.05) is 19.9 Å². The highest BCUT2D eigenvalue weighted by molar-refractivity contribution is 5.84. The monoisotopic (exact) mass is 242 g/mol. The molecule has 2 N–H and O–H groups in total. The number of nitrogens with zero attached hydrogens (tertiary/aromatic N) is 3. The Hall–Kier alpha value is -2.02. The van der Waals surface area contributed by atoms with Crippen molar-refractivity contribution >= 4 is 17.0 Å². The molecule has 1 aromatic heterocycles. The lowest BCUT2D eigenvalue weighted by molar-refractivity contribution is 0.439. The van der Waals surface area contributed by atoms with E-state index < -0.39 is 0 Å². The fraction of sp³-hybridized carbons (Fsp3) is 0.429. The van der Waals surface area contributed by atoms with Gasteiger partial charge in [-0.2, -0.15) is 5.26 Å². The minimum Gasteiger partial charge on any atom is -0.369 e. The maximum atomic E-state index is 9.08. The van der Waals surface area contributed by atoms with Gasteiger partial charge in [0.25, 0.3) is 0 Å². The van der Waals surface area contributed by atoms with Gasteiger partial charge < -0.3 is 10.3 Å². The Labute approximate surface area is 107 Å². The SMILES string of the molecule is CC(C)CC(C)n1c(N)nc2c(C#N)cccc21. The van der Waals surface area contributed by atoms with Crippen LogP contribution >= 0.6 is 0 Å². The van der Waals surface area contributed by atoms with Crippen molar-refractivity contribution in [2.75, 3.05) is 5.73 Å². The molecule has 2 aromatic rings. The van der Waals surface area contributed by atoms with E-state index in [1.807, 2.05) is 16.7 Å². The Kier molecular flexibility index (Phi) is 3.24. The zero-order valence-electron chi connectivity index (χ0n) is 11.0. The van der Waals surface area contributed by atoms with Crippen molar-refractivity contribution in [3.63, 3.8) is 0 Å². The summed E-state index contributed by atoms with van der Waals surface area (Å²) in [5.74, 6) is 1.08. The number of benzene rings is 1. The predicted molar refractivity (Wildman–Crippen MR) is 73.0 cm³/mol. The maximum absolute atomic E-state index is 9.08. The summed E-state index contributed by atoms with van der Waals surface area (Å²) in [4.78, 5) is 4.33. The van der Waals surface area contributed by atoms with Gasteiger partial charge in [-0.15, -0.1) is 0 Å². The third kappa shape index (κ3) is 2.04. The van der Waals surface area contributed by atoms with Crippen LogP contribution in [0.3, 0.4) is 0 Å². The Morgan fingerprint density at radius 3 is 2.72 bits per heavy atom. The number of imidazole rings is 1. The molecule has 0 saturated heterocycles. The molecule has 1 unspecified atom stereocenters. The molecule has 0 spiro atoms. The molecular formula is C14H18N4. The molecule has 1 heterocycles. The van der Waals surface area contributed by atoms with E-state index in [1.165, 1.54) is 0 Å². The van der Waals surface area contributed by atoms with E-state index in [9.17, 15) is 0 Å². The molecule has 0 radical (unpaired) electrons. The number of fused-ring (bicyclic) bond motifs is 1. The first-order chi connectivity index (χ1) is 8.54. The average molecular weight is 242 g/mol. The molecule has 0 aliphatic rings. The van der Waals surface area contributed by atoms with Crippen LogP contribution in [0.15, 0.2) is 18.2 Å². The lowest BCUT2D eigenvalue weighted by Gasteiger charge is -2.17. The minimum absolute atomic E-state index is 0.281. The first-order valence-corrected chi connectivity index (χ1v) is 6.21. The Morgan fingerprint density at radius 2 is 2.11 bits per heavy atom. The van der Waals surface area contributed by atoms with Crippen molar-refractivity contribution in [2.24, 2.45) is 5.92 Å². The molecule has 0 amide bonds. The third-order valence-electron chi connectivity index (χ3n) is 3.12. The molecule has 0 bridgehead atoms. The highest BCUT2D eigenvalue weighted by atomic mass is 15.2. The first kappa shape index (κ1) is 12.4. The largest absolute Gasteiger partial charge is 0.369 e. The van der Waals surface area contributed by atoms with Gasteiger partial charge in [0.2, 0.25) is 5.95 Å². The van der Waals surface area contributed by atoms with E-state index in [0.29, 0.717) is 22.9 Å². The molecule has 0 fully saturated rings. The number of aromatic nitrogens is 2. The normalized spacial score (nSPS) is 12.8. The number of anilines is 1. The van der Waals surface area contributed by atoms with E-state index in [4.69, 9.17) is 11.0 Å². The van der Waals surface area contributed by atoms with Crippen molar-refractivity contribution in [2.45, 2.75) is 33.2 Å². The Morgan fingerprint density at radius 1 is 1.39 bits per heavy atom. The second kappa shape index (κ2) is 4.69. The van der Waals surface area contributed by atoms with Gasteiger partial charge in [-0.25, -0.2) is 4.98 Å². The zero-order valence-corrected chi connectivity index (χ0v) is 11.0. The quantitative estimate of drug-likeness (QED) is 0.899. The van der Waals surface area contributed by atoms with Crippen LogP contribution in [-0.4, -0.2) is 9.55 Å². The number of nitrogen functional groups attached to an aromatic ring is 1. The molecule has 4 nitrogen and oxygen atoms in total. The summed E-state index contributed by atoms with van der Waals surface area (Å²) in [5.41, 5.74) is 8.22. The number of hydrogen-bond donors (Lipinski definition) is 1. The van der Waals surface area contributed by atoms with Crippen LogP contribution < -0.4 is 5.73 Å². The van der Waals surface area contributed by atoms with Crippen LogP contribution in [-0.2, 0) is 0 Å². The van der Waals surface area contributed by atoms with Crippen molar-refractivity contribution < 1.29 is 0 Å². The summed E-state index contributed by atoms with van der Waals surface area (Å²) in [7, 11) is 0. The summed E-state index contributed by atoms with van der Waals surface area (Å²) in [6.45, 7) is 6.51. The Bertz CT molecular complexity index is 604. The van der Waals surface area contributed by atoms with Crippen LogP contribution in [0.1, 0.15) is 38.8 Å². The second-order valence-corrected chi connectivity index (χ2v) is 5.10. The summed E-state index contributed by atoms with van der Waals surface area (Å²) < 4.78 is 2.02. The lowest BCUT2D eigenvalue weighted by Crippen LogP contribution is -2.11. The molecule has 0 aliphatic heterocycles. The molecule has 2 rings (SSSR count). The van der Waals surface area contributed by atoms with Gasteiger partial charge in [-0.3, -0.25) is 0 Å². The molecule has 94 valence electrons. The van der Waals surface area contributed by atoms with Gasteiger partial charge in [0.15, 0.2) is 0 Å². The van der Waals surface area contributed by atoms with Crippen LogP contribution in [0.25, 0.3) is 11.0 Å². The summed E-state index contributed by atoms with van der Waals surface area (Å²) in [6.07, 6.45) is 1.03. The second-order valence-electron chi connectivity index (χ2n) is 5.10. The number of rotatable bonds is 3. The van der Waals surface area contributed by atoms with E-state index in [0.717, 1.165) is 11.9 Å². The van der Waals surface area contributed by atoms with Crippen LogP contribution in [0.5, 0.6) is 0 Å². The lowest BCUT2D eigenvalue weighted by atomic mass is 10.0. The van der Waals surface area contributed by atoms with Crippen LogP contribution in [0, 0.1) is 17.2 Å². The molecular weight excluding hydrogens is 224 g/mol. The van der Waals surface area contributed by atoms with Gasteiger partial charge in [0.1, 0.15) is 11.6 Å². The maximum Gasteiger partial charge on any atom is 0.201 e. The van der Waals surface area contributed by atoms with Crippen molar-refractivity contribution in [1.82, 2.24) is 9.55 Å². The highest BCUT2D eigenvalue weighted by Crippen LogP contribution is 2.28. The first-order valence-electron chi connectivity index (χ1n) is 6.21. The number of nitriles is 1. The van der Waals surface area contributed by atoms with Gasteiger partial charge in [0, 0.05) is 6.04 Å². The molecule has 0 aliphatic carbocycles. The molecule has 18 heavy (non-hydrogen) atoms. The van der Waals surface area contributed by atoms with E-state index in [-0.39, 0.29) is 6.04 Å². The standard InChI is InChI=1S/C14H18N4/c1-9(2)7-10(3)18-12-6-4-5-11(8-15)13(12)17-14(18)16/h4-6,9-10H,7H2,1-3H3,(H2,16,17). The van der Waals surface area contributed by atoms with E-state index in [1.54, 1.807) is 6.07 Å². The van der Waals surface area contributed by atoms with Crippen LogP contribution in [0.4, 0.5) is 5.95 Å². The summed E-state index contributed by atoms with van der Waals surface area (Å²) >= 11 is 0. The van der Waals surface area contributed by atoms with Gasteiger partial charge >= 0.3 is 0 Å². The number of hydrogen-bond acceptors (Lipinski definition) is 3. The van der Waals surface area contributed by atoms with E-state index >= 15 is 0 Å². The third-order valence-corrected chi connectivity index (χ3v) is 3.12. The topological polar surface area (TPSA) is 67.6 Å². The number of para-hydroxylation sites is 1. The zero-order chi connectivity index (χ0) is 13.3. The summed E-state index contributed by atoms with van der Waals surface area (Å²) in [6, 6.07) is 8.05. The van der Waals surface area contributed by atoms with Gasteiger partial charge in [-0.05, 0) is 31.4 Å². The van der Waals surface area contributed by atoms with E-state index in [2.05, 4.69) is 31.8 Å².